The number of aryl methyl sites for hydroxylation is 1. The highest BCUT2D eigenvalue weighted by Crippen LogP contribution is 2.12. The zero-order valence-corrected chi connectivity index (χ0v) is 13.5. The van der Waals surface area contributed by atoms with Crippen LogP contribution in [0, 0.1) is 6.92 Å². The first-order valence-corrected chi connectivity index (χ1v) is 7.58. The van der Waals surface area contributed by atoms with Gasteiger partial charge in [-0.3, -0.25) is 0 Å². The monoisotopic (exact) mass is 310 g/mol. The Labute approximate surface area is 137 Å². The Morgan fingerprint density at radius 1 is 1.17 bits per heavy atom. The molecule has 0 fully saturated rings. The minimum absolute atomic E-state index is 0.212. The molecule has 0 unspecified atom stereocenters. The van der Waals surface area contributed by atoms with Crippen molar-refractivity contribution < 1.29 is 9.53 Å². The summed E-state index contributed by atoms with van der Waals surface area (Å²) in [5.74, 6) is 0.827. The third kappa shape index (κ3) is 5.87. The Bertz CT molecular complexity index is 663. The number of hydrogen-bond donors (Lipinski definition) is 2. The van der Waals surface area contributed by atoms with Gasteiger partial charge in [0.15, 0.2) is 0 Å². The van der Waals surface area contributed by atoms with Crippen LogP contribution in [0.2, 0.25) is 0 Å². The molecule has 0 saturated carbocycles. The van der Waals surface area contributed by atoms with Crippen LogP contribution < -0.4 is 15.4 Å². The lowest BCUT2D eigenvalue weighted by Gasteiger charge is -2.06. The molecule has 4 heteroatoms. The first-order chi connectivity index (χ1) is 11.2. The predicted octanol–water partition coefficient (Wildman–Crippen LogP) is 3.52. The molecule has 2 N–H and O–H groups in total. The van der Waals surface area contributed by atoms with Crippen molar-refractivity contribution in [2.24, 2.45) is 0 Å². The lowest BCUT2D eigenvalue weighted by molar-refractivity contribution is 0.244. The van der Waals surface area contributed by atoms with Gasteiger partial charge in [-0.15, -0.1) is 0 Å². The lowest BCUT2D eigenvalue weighted by Crippen LogP contribution is -2.33. The van der Waals surface area contributed by atoms with E-state index in [-0.39, 0.29) is 6.03 Å². The van der Waals surface area contributed by atoms with Gasteiger partial charge in [0, 0.05) is 12.7 Å². The summed E-state index contributed by atoms with van der Waals surface area (Å²) in [4.78, 5) is 11.7. The standard InChI is InChI=1S/C19H22N2O2/c1-15-6-8-16(9-7-15)10-12-20-19(22)21-13-11-17-4-3-5-18(14-17)23-2/h3-10,12,14H,11,13H2,1-2H3,(H2,20,21,22)/b12-10+. The second-order valence-electron chi connectivity index (χ2n) is 5.25. The van der Waals surface area contributed by atoms with Crippen molar-refractivity contribution in [3.63, 3.8) is 0 Å². The first-order valence-electron chi connectivity index (χ1n) is 7.58. The maximum absolute atomic E-state index is 11.7. The van der Waals surface area contributed by atoms with Crippen molar-refractivity contribution in [2.75, 3.05) is 13.7 Å². The number of benzene rings is 2. The van der Waals surface area contributed by atoms with Crippen LogP contribution in [0.25, 0.3) is 6.08 Å². The highest BCUT2D eigenvalue weighted by molar-refractivity contribution is 5.75. The molecule has 4 nitrogen and oxygen atoms in total. The van der Waals surface area contributed by atoms with Crippen LogP contribution in [0.3, 0.4) is 0 Å². The van der Waals surface area contributed by atoms with E-state index in [1.165, 1.54) is 5.56 Å². The molecule has 0 saturated heterocycles. The van der Waals surface area contributed by atoms with Gasteiger partial charge in [-0.2, -0.15) is 0 Å². The molecule has 0 radical (unpaired) electrons. The number of ether oxygens (including phenoxy) is 1. The second kappa shape index (κ2) is 8.63. The fourth-order valence-corrected chi connectivity index (χ4v) is 2.09. The number of amides is 2. The van der Waals surface area contributed by atoms with Gasteiger partial charge in [0.05, 0.1) is 7.11 Å². The number of carbonyl (C=O) groups excluding carboxylic acids is 1. The van der Waals surface area contributed by atoms with Crippen LogP contribution in [-0.2, 0) is 6.42 Å². The predicted molar refractivity (Wildman–Crippen MR) is 93.4 cm³/mol. The fourth-order valence-electron chi connectivity index (χ4n) is 2.09. The van der Waals surface area contributed by atoms with E-state index >= 15 is 0 Å². The summed E-state index contributed by atoms with van der Waals surface area (Å²) >= 11 is 0. The third-order valence-electron chi connectivity index (χ3n) is 3.40. The smallest absolute Gasteiger partial charge is 0.318 e. The van der Waals surface area contributed by atoms with Crippen molar-refractivity contribution >= 4 is 12.1 Å². The Kier molecular flexibility index (Phi) is 6.24. The number of hydrogen-bond acceptors (Lipinski definition) is 2. The average molecular weight is 310 g/mol. The van der Waals surface area contributed by atoms with Gasteiger partial charge < -0.3 is 15.4 Å². The Balaban J connectivity index is 1.71. The van der Waals surface area contributed by atoms with Crippen LogP contribution in [0.4, 0.5) is 4.79 Å². The summed E-state index contributed by atoms with van der Waals surface area (Å²) < 4.78 is 5.18. The zero-order valence-electron chi connectivity index (χ0n) is 13.5. The van der Waals surface area contributed by atoms with Crippen LogP contribution in [0.1, 0.15) is 16.7 Å². The number of carbonyl (C=O) groups is 1. The molecule has 0 aliphatic heterocycles. The van der Waals surface area contributed by atoms with Crippen LogP contribution >= 0.6 is 0 Å². The SMILES string of the molecule is COc1cccc(CCNC(=O)N/C=C/c2ccc(C)cc2)c1. The van der Waals surface area contributed by atoms with E-state index < -0.39 is 0 Å². The lowest BCUT2D eigenvalue weighted by atomic mass is 10.1. The Morgan fingerprint density at radius 3 is 2.70 bits per heavy atom. The fraction of sp³-hybridized carbons (Fsp3) is 0.211. The maximum atomic E-state index is 11.7. The highest BCUT2D eigenvalue weighted by atomic mass is 16.5. The molecule has 0 aromatic heterocycles. The van der Waals surface area contributed by atoms with Crippen LogP contribution in [0.15, 0.2) is 54.7 Å². The topological polar surface area (TPSA) is 50.4 Å². The molecule has 0 atom stereocenters. The zero-order chi connectivity index (χ0) is 16.5. The number of nitrogens with one attached hydrogen (secondary N) is 2. The van der Waals surface area contributed by atoms with E-state index in [1.807, 2.05) is 61.5 Å². The van der Waals surface area contributed by atoms with Gasteiger partial charge in [-0.05, 0) is 42.7 Å². The number of urea groups is 1. The minimum Gasteiger partial charge on any atom is -0.497 e. The third-order valence-corrected chi connectivity index (χ3v) is 3.40. The summed E-state index contributed by atoms with van der Waals surface area (Å²) in [7, 11) is 1.64. The molecule has 2 rings (SSSR count). The van der Waals surface area contributed by atoms with Crippen molar-refractivity contribution in [3.05, 3.63) is 71.4 Å². The average Bonchev–Trinajstić information content (AvgIpc) is 2.57. The molecular formula is C19H22N2O2. The van der Waals surface area contributed by atoms with Crippen molar-refractivity contribution in [3.8, 4) is 5.75 Å². The summed E-state index contributed by atoms with van der Waals surface area (Å²) in [6.07, 6.45) is 4.26. The molecule has 0 aliphatic carbocycles. The van der Waals surface area contributed by atoms with E-state index in [9.17, 15) is 4.79 Å². The molecule has 0 heterocycles. The molecule has 120 valence electrons. The maximum Gasteiger partial charge on any atom is 0.318 e. The quantitative estimate of drug-likeness (QED) is 0.858. The molecule has 0 bridgehead atoms. The minimum atomic E-state index is -0.212. The van der Waals surface area contributed by atoms with Gasteiger partial charge in [0.1, 0.15) is 5.75 Å². The molecule has 0 spiro atoms. The summed E-state index contributed by atoms with van der Waals surface area (Å²) in [5, 5.41) is 5.52. The molecule has 23 heavy (non-hydrogen) atoms. The normalized spacial score (nSPS) is 10.5. The summed E-state index contributed by atoms with van der Waals surface area (Å²) in [6.45, 7) is 2.61. The van der Waals surface area contributed by atoms with E-state index in [4.69, 9.17) is 4.74 Å². The van der Waals surface area contributed by atoms with Gasteiger partial charge >= 0.3 is 6.03 Å². The summed E-state index contributed by atoms with van der Waals surface area (Å²) in [6, 6.07) is 15.7. The van der Waals surface area contributed by atoms with Gasteiger partial charge in [0.25, 0.3) is 0 Å². The van der Waals surface area contributed by atoms with Crippen molar-refractivity contribution in [2.45, 2.75) is 13.3 Å². The first kappa shape index (κ1) is 16.6. The highest BCUT2D eigenvalue weighted by Gasteiger charge is 1.99. The number of methoxy groups -OCH3 is 1. The molecular weight excluding hydrogens is 288 g/mol. The second-order valence-corrected chi connectivity index (χ2v) is 5.25. The van der Waals surface area contributed by atoms with Gasteiger partial charge in [-0.25, -0.2) is 4.79 Å². The van der Waals surface area contributed by atoms with Crippen molar-refractivity contribution in [1.29, 1.82) is 0 Å². The van der Waals surface area contributed by atoms with E-state index in [1.54, 1.807) is 13.3 Å². The van der Waals surface area contributed by atoms with E-state index in [2.05, 4.69) is 10.6 Å². The molecule has 2 amide bonds. The summed E-state index contributed by atoms with van der Waals surface area (Å²) in [5.41, 5.74) is 3.39. The van der Waals surface area contributed by atoms with Crippen LogP contribution in [-0.4, -0.2) is 19.7 Å². The Morgan fingerprint density at radius 2 is 1.96 bits per heavy atom. The molecule has 2 aromatic carbocycles. The molecule has 0 aliphatic rings. The Hall–Kier alpha value is -2.75. The van der Waals surface area contributed by atoms with Crippen LogP contribution in [0.5, 0.6) is 5.75 Å². The molecule has 2 aromatic rings. The van der Waals surface area contributed by atoms with Gasteiger partial charge in [0.2, 0.25) is 0 Å². The largest absolute Gasteiger partial charge is 0.497 e. The van der Waals surface area contributed by atoms with Crippen molar-refractivity contribution in [1.82, 2.24) is 10.6 Å². The van der Waals surface area contributed by atoms with E-state index in [0.717, 1.165) is 23.3 Å². The number of rotatable bonds is 6. The van der Waals surface area contributed by atoms with E-state index in [0.29, 0.717) is 6.54 Å². The van der Waals surface area contributed by atoms with Gasteiger partial charge in [-0.1, -0.05) is 42.0 Å².